The molecule has 0 radical (unpaired) electrons. The van der Waals surface area contributed by atoms with Crippen LogP contribution in [0.1, 0.15) is 11.1 Å². The van der Waals surface area contributed by atoms with Crippen LogP contribution in [0.3, 0.4) is 0 Å². The lowest BCUT2D eigenvalue weighted by Gasteiger charge is -2.26. The molecule has 0 aromatic heterocycles. The summed E-state index contributed by atoms with van der Waals surface area (Å²) < 4.78 is 57.3. The molecule has 1 fully saturated rings. The van der Waals surface area contributed by atoms with Crippen LogP contribution in [0.5, 0.6) is 0 Å². The van der Waals surface area contributed by atoms with E-state index in [0.717, 1.165) is 21.7 Å². The highest BCUT2D eigenvalue weighted by atomic mass is 32.2. The lowest BCUT2D eigenvalue weighted by Crippen LogP contribution is -2.40. The van der Waals surface area contributed by atoms with Gasteiger partial charge in [-0.3, -0.25) is 4.79 Å². The van der Waals surface area contributed by atoms with Crippen LogP contribution < -0.4 is 5.32 Å². The molecule has 0 atom stereocenters. The third kappa shape index (κ3) is 6.36. The molecule has 0 bridgehead atoms. The average Bonchev–Trinajstić information content (AvgIpc) is 2.75. The van der Waals surface area contributed by atoms with Crippen molar-refractivity contribution < 1.29 is 26.4 Å². The Labute approximate surface area is 189 Å². The van der Waals surface area contributed by atoms with Gasteiger partial charge in [0.25, 0.3) is 0 Å². The number of rotatable bonds is 8. The standard InChI is InChI=1S/C21H27N3O6S2/c1-17-3-5-18(6-4-17)15-24(31(2,26)27)16-21(25)22-19-7-9-20(10-8-19)32(28,29)23-11-13-30-14-12-23/h3-10H,11-16H2,1-2H3,(H,22,25). The lowest BCUT2D eigenvalue weighted by atomic mass is 10.1. The first kappa shape index (κ1) is 24.3. The van der Waals surface area contributed by atoms with E-state index < -0.39 is 26.0 Å². The van der Waals surface area contributed by atoms with Crippen LogP contribution in [0.25, 0.3) is 0 Å². The second kappa shape index (κ2) is 10.1. The minimum atomic E-state index is -3.63. The highest BCUT2D eigenvalue weighted by Crippen LogP contribution is 2.19. The van der Waals surface area contributed by atoms with Gasteiger partial charge < -0.3 is 10.1 Å². The van der Waals surface area contributed by atoms with Gasteiger partial charge in [-0.25, -0.2) is 16.8 Å². The molecular weight excluding hydrogens is 454 g/mol. The van der Waals surface area contributed by atoms with Gasteiger partial charge in [0.05, 0.1) is 30.9 Å². The molecule has 3 rings (SSSR count). The number of carbonyl (C=O) groups excluding carboxylic acids is 1. The Bertz CT molecular complexity index is 1140. The van der Waals surface area contributed by atoms with E-state index in [1.54, 1.807) is 0 Å². The number of amides is 1. The highest BCUT2D eigenvalue weighted by Gasteiger charge is 2.26. The minimum Gasteiger partial charge on any atom is -0.379 e. The summed E-state index contributed by atoms with van der Waals surface area (Å²) in [5, 5.41) is 2.62. The van der Waals surface area contributed by atoms with E-state index >= 15 is 0 Å². The van der Waals surface area contributed by atoms with Gasteiger partial charge in [0.15, 0.2) is 0 Å². The topological polar surface area (TPSA) is 113 Å². The molecule has 0 spiro atoms. The van der Waals surface area contributed by atoms with Gasteiger partial charge in [-0.05, 0) is 36.8 Å². The predicted octanol–water partition coefficient (Wildman–Crippen LogP) is 1.42. The van der Waals surface area contributed by atoms with Crippen LogP contribution in [0.4, 0.5) is 5.69 Å². The summed E-state index contributed by atoms with van der Waals surface area (Å²) in [5.41, 5.74) is 2.20. The maximum absolute atomic E-state index is 12.7. The molecule has 1 aliphatic rings. The van der Waals surface area contributed by atoms with E-state index in [4.69, 9.17) is 4.74 Å². The van der Waals surface area contributed by atoms with E-state index in [9.17, 15) is 21.6 Å². The summed E-state index contributed by atoms with van der Waals surface area (Å²) in [6, 6.07) is 13.2. The van der Waals surface area contributed by atoms with Crippen LogP contribution in [0.15, 0.2) is 53.4 Å². The van der Waals surface area contributed by atoms with E-state index in [-0.39, 0.29) is 18.0 Å². The van der Waals surface area contributed by atoms with Crippen molar-refractivity contribution in [2.24, 2.45) is 0 Å². The molecule has 1 aliphatic heterocycles. The number of nitrogens with one attached hydrogen (secondary N) is 1. The monoisotopic (exact) mass is 481 g/mol. The van der Waals surface area contributed by atoms with Crippen LogP contribution in [-0.2, 0) is 36.1 Å². The molecule has 1 N–H and O–H groups in total. The molecule has 9 nitrogen and oxygen atoms in total. The Hall–Kier alpha value is -2.31. The van der Waals surface area contributed by atoms with Crippen molar-refractivity contribution in [2.75, 3.05) is 44.4 Å². The SMILES string of the molecule is Cc1ccc(CN(CC(=O)Nc2ccc(S(=O)(=O)N3CCOCC3)cc2)S(C)(=O)=O)cc1. The number of hydrogen-bond acceptors (Lipinski definition) is 6. The predicted molar refractivity (Wildman–Crippen MR) is 121 cm³/mol. The Kier molecular flexibility index (Phi) is 7.67. The number of hydrogen-bond donors (Lipinski definition) is 1. The molecule has 11 heteroatoms. The van der Waals surface area contributed by atoms with Crippen molar-refractivity contribution in [1.29, 1.82) is 0 Å². The maximum Gasteiger partial charge on any atom is 0.243 e. The zero-order chi connectivity index (χ0) is 23.4. The Morgan fingerprint density at radius 1 is 1.00 bits per heavy atom. The van der Waals surface area contributed by atoms with Crippen LogP contribution >= 0.6 is 0 Å². The fourth-order valence-electron chi connectivity index (χ4n) is 3.19. The number of carbonyl (C=O) groups is 1. The fraction of sp³-hybridized carbons (Fsp3) is 0.381. The minimum absolute atomic E-state index is 0.0727. The van der Waals surface area contributed by atoms with Gasteiger partial charge in [0, 0.05) is 25.3 Å². The highest BCUT2D eigenvalue weighted by molar-refractivity contribution is 7.89. The Balaban J connectivity index is 1.65. The molecule has 1 saturated heterocycles. The second-order valence-corrected chi connectivity index (χ2v) is 11.5. The van der Waals surface area contributed by atoms with Gasteiger partial charge in [0.1, 0.15) is 0 Å². The summed E-state index contributed by atoms with van der Waals surface area (Å²) in [4.78, 5) is 12.6. The third-order valence-electron chi connectivity index (χ3n) is 5.01. The summed E-state index contributed by atoms with van der Waals surface area (Å²) in [6.07, 6.45) is 1.06. The van der Waals surface area contributed by atoms with Crippen LogP contribution in [0.2, 0.25) is 0 Å². The van der Waals surface area contributed by atoms with Gasteiger partial charge in [0.2, 0.25) is 26.0 Å². The number of ether oxygens (including phenoxy) is 1. The molecule has 174 valence electrons. The molecule has 2 aromatic rings. The summed E-state index contributed by atoms with van der Waals surface area (Å²) in [7, 11) is -7.25. The first-order chi connectivity index (χ1) is 15.1. The number of aryl methyl sites for hydroxylation is 1. The number of sulfonamides is 2. The molecular formula is C21H27N3O6S2. The largest absolute Gasteiger partial charge is 0.379 e. The summed E-state index contributed by atoms with van der Waals surface area (Å²) in [6.45, 7) is 2.94. The summed E-state index contributed by atoms with van der Waals surface area (Å²) >= 11 is 0. The van der Waals surface area contributed by atoms with Crippen molar-refractivity contribution in [1.82, 2.24) is 8.61 Å². The number of benzene rings is 2. The number of nitrogens with zero attached hydrogens (tertiary/aromatic N) is 2. The van der Waals surface area contributed by atoms with E-state index in [1.807, 2.05) is 31.2 Å². The van der Waals surface area contributed by atoms with Gasteiger partial charge in [-0.2, -0.15) is 8.61 Å². The van der Waals surface area contributed by atoms with Crippen molar-refractivity contribution in [3.8, 4) is 0 Å². The lowest BCUT2D eigenvalue weighted by molar-refractivity contribution is -0.116. The average molecular weight is 482 g/mol. The Morgan fingerprint density at radius 2 is 1.59 bits per heavy atom. The van der Waals surface area contributed by atoms with Gasteiger partial charge in [-0.1, -0.05) is 29.8 Å². The van der Waals surface area contributed by atoms with E-state index in [2.05, 4.69) is 5.32 Å². The third-order valence-corrected chi connectivity index (χ3v) is 8.12. The van der Waals surface area contributed by atoms with Gasteiger partial charge in [-0.15, -0.1) is 0 Å². The Morgan fingerprint density at radius 3 is 2.16 bits per heavy atom. The number of anilines is 1. The van der Waals surface area contributed by atoms with Crippen molar-refractivity contribution in [3.63, 3.8) is 0 Å². The number of morpholine rings is 1. The maximum atomic E-state index is 12.7. The van der Waals surface area contributed by atoms with Gasteiger partial charge >= 0.3 is 0 Å². The fourth-order valence-corrected chi connectivity index (χ4v) is 5.34. The summed E-state index contributed by atoms with van der Waals surface area (Å²) in [5.74, 6) is -0.522. The quantitative estimate of drug-likeness (QED) is 0.610. The van der Waals surface area contributed by atoms with Crippen molar-refractivity contribution >= 4 is 31.6 Å². The van der Waals surface area contributed by atoms with Crippen molar-refractivity contribution in [3.05, 3.63) is 59.7 Å². The zero-order valence-corrected chi connectivity index (χ0v) is 19.7. The van der Waals surface area contributed by atoms with E-state index in [1.165, 1.54) is 28.6 Å². The van der Waals surface area contributed by atoms with Crippen LogP contribution in [0, 0.1) is 6.92 Å². The normalized spacial score (nSPS) is 15.6. The second-order valence-electron chi connectivity index (χ2n) is 7.61. The molecule has 1 amide bonds. The molecule has 2 aromatic carbocycles. The van der Waals surface area contributed by atoms with Crippen LogP contribution in [-0.4, -0.2) is 70.5 Å². The zero-order valence-electron chi connectivity index (χ0n) is 18.0. The molecule has 0 unspecified atom stereocenters. The smallest absolute Gasteiger partial charge is 0.243 e. The molecule has 32 heavy (non-hydrogen) atoms. The first-order valence-corrected chi connectivity index (χ1v) is 13.3. The molecule has 0 saturated carbocycles. The van der Waals surface area contributed by atoms with Crippen molar-refractivity contribution in [2.45, 2.75) is 18.4 Å². The first-order valence-electron chi connectivity index (χ1n) is 10.0. The molecule has 0 aliphatic carbocycles. The van der Waals surface area contributed by atoms with E-state index in [0.29, 0.717) is 32.0 Å². The molecule has 1 heterocycles.